The Morgan fingerprint density at radius 2 is 1.14 bits per heavy atom. The molecule has 0 unspecified atom stereocenters. The molecule has 0 saturated carbocycles. The van der Waals surface area contributed by atoms with Gasteiger partial charge < -0.3 is 14.9 Å². The second-order valence-corrected chi connectivity index (χ2v) is 11.9. The lowest BCUT2D eigenvalue weighted by atomic mass is 9.81. The fraction of sp³-hybridized carbons (Fsp3) is 0.571. The van der Waals surface area contributed by atoms with Gasteiger partial charge in [-0.05, 0) is 93.2 Å². The minimum absolute atomic E-state index is 0. The number of hydrogen-bond acceptors (Lipinski definition) is 3. The van der Waals surface area contributed by atoms with Crippen LogP contribution in [0.15, 0.2) is 48.5 Å². The van der Waals surface area contributed by atoms with Crippen LogP contribution in [0, 0.1) is 11.8 Å². The molecule has 1 N–H and O–H groups in total. The zero-order chi connectivity index (χ0) is 25.8. The Labute approximate surface area is 252 Å². The van der Waals surface area contributed by atoms with Gasteiger partial charge in [-0.2, -0.15) is 0 Å². The molecule has 0 aromatic heterocycles. The Morgan fingerprint density at radius 3 is 1.50 bits per heavy atom. The van der Waals surface area contributed by atoms with E-state index in [-0.39, 0.29) is 19.4 Å². The van der Waals surface area contributed by atoms with E-state index in [4.69, 9.17) is 46.4 Å². The molecule has 2 aromatic carbocycles. The molecule has 4 atom stereocenters. The summed E-state index contributed by atoms with van der Waals surface area (Å²) in [5.74, 6) is 2.31. The second kappa shape index (κ2) is 18.5. The lowest BCUT2D eigenvalue weighted by Gasteiger charge is -2.36. The molecule has 0 aliphatic carbocycles. The SMILES string of the molecule is C.CN1CC[C@H](c2ccc(Cl)cc2)[C@@H](CI)C1.CN1CC[C@H](c2ccc(Cl)cc2)[C@@H](CO)C1.ClCCl. The van der Waals surface area contributed by atoms with E-state index in [0.717, 1.165) is 35.5 Å². The van der Waals surface area contributed by atoms with E-state index in [1.54, 1.807) is 0 Å². The summed E-state index contributed by atoms with van der Waals surface area (Å²) in [4.78, 5) is 4.73. The van der Waals surface area contributed by atoms with Crippen molar-refractivity contribution in [3.63, 3.8) is 0 Å². The highest BCUT2D eigenvalue weighted by Gasteiger charge is 2.29. The van der Waals surface area contributed by atoms with Gasteiger partial charge in [0, 0.05) is 40.1 Å². The molecule has 2 fully saturated rings. The van der Waals surface area contributed by atoms with Gasteiger partial charge in [0.15, 0.2) is 0 Å². The molecule has 0 spiro atoms. The Balaban J connectivity index is 0.000000317. The van der Waals surface area contributed by atoms with Gasteiger partial charge in [0.05, 0.1) is 5.34 Å². The topological polar surface area (TPSA) is 26.7 Å². The van der Waals surface area contributed by atoms with Crippen molar-refractivity contribution in [2.45, 2.75) is 32.1 Å². The number of hydrogen-bond donors (Lipinski definition) is 1. The second-order valence-electron chi connectivity index (χ2n) is 9.38. The van der Waals surface area contributed by atoms with Gasteiger partial charge in [-0.15, -0.1) is 23.2 Å². The number of rotatable bonds is 4. The van der Waals surface area contributed by atoms with Crippen LogP contribution in [0.5, 0.6) is 0 Å². The minimum Gasteiger partial charge on any atom is -0.396 e. The maximum atomic E-state index is 9.44. The van der Waals surface area contributed by atoms with Crippen molar-refractivity contribution < 1.29 is 5.11 Å². The molecular formula is C28H41Cl4IN2O. The average Bonchev–Trinajstić information content (AvgIpc) is 2.86. The minimum atomic E-state index is 0. The summed E-state index contributed by atoms with van der Waals surface area (Å²) < 4.78 is 1.23. The lowest BCUT2D eigenvalue weighted by Crippen LogP contribution is -2.38. The fourth-order valence-electron chi connectivity index (χ4n) is 5.07. The van der Waals surface area contributed by atoms with Crippen molar-refractivity contribution in [3.8, 4) is 0 Å². The molecule has 0 amide bonds. The summed E-state index contributed by atoms with van der Waals surface area (Å²) in [6, 6.07) is 16.4. The molecule has 36 heavy (non-hydrogen) atoms. The summed E-state index contributed by atoms with van der Waals surface area (Å²) >= 11 is 23.9. The molecule has 0 radical (unpaired) electrons. The Kier molecular flexibility index (Phi) is 17.6. The monoisotopic (exact) mass is 688 g/mol. The van der Waals surface area contributed by atoms with Crippen molar-refractivity contribution in [2.75, 3.05) is 56.6 Å². The molecule has 3 nitrogen and oxygen atoms in total. The summed E-state index contributed by atoms with van der Waals surface area (Å²) in [6.45, 7) is 4.77. The highest BCUT2D eigenvalue weighted by molar-refractivity contribution is 14.1. The van der Waals surface area contributed by atoms with Crippen LogP contribution >= 0.6 is 69.0 Å². The van der Waals surface area contributed by atoms with Crippen LogP contribution in [-0.2, 0) is 0 Å². The van der Waals surface area contributed by atoms with Gasteiger partial charge in [-0.3, -0.25) is 0 Å². The first-order valence-corrected chi connectivity index (χ1v) is 15.3. The van der Waals surface area contributed by atoms with Crippen LogP contribution in [0.25, 0.3) is 0 Å². The fourth-order valence-corrected chi connectivity index (χ4v) is 6.21. The summed E-state index contributed by atoms with van der Waals surface area (Å²) in [5, 5.41) is 11.2. The lowest BCUT2D eigenvalue weighted by molar-refractivity contribution is 0.118. The van der Waals surface area contributed by atoms with E-state index < -0.39 is 0 Å². The first-order valence-electron chi connectivity index (χ1n) is 12.0. The number of likely N-dealkylation sites (tertiary alicyclic amines) is 2. The molecule has 8 heteroatoms. The molecule has 2 aliphatic rings. The van der Waals surface area contributed by atoms with Gasteiger partial charge in [-0.25, -0.2) is 0 Å². The third kappa shape index (κ3) is 11.1. The van der Waals surface area contributed by atoms with Crippen molar-refractivity contribution in [1.82, 2.24) is 9.80 Å². The van der Waals surface area contributed by atoms with Crippen LogP contribution < -0.4 is 0 Å². The standard InChI is InChI=1S/C13H17ClIN.C13H18ClNO.CH2Cl2.CH4/c1-16-7-6-13(11(8-15)9-16)10-2-4-12(14)5-3-10;1-15-7-6-13(11(8-15)9-16)10-2-4-12(14)5-3-10;2-1-3;/h2-5,11,13H,6-9H2,1H3;2-5,11,13,16H,6-9H2,1H3;1H2;1H4/t11-,13+;11-,13-;;/m01../s1. The Hall–Kier alpha value is 0.210. The van der Waals surface area contributed by atoms with Gasteiger partial charge in [0.2, 0.25) is 0 Å². The van der Waals surface area contributed by atoms with Crippen molar-refractivity contribution in [3.05, 3.63) is 69.7 Å². The zero-order valence-electron chi connectivity index (χ0n) is 20.5. The molecular weight excluding hydrogens is 649 g/mol. The smallest absolute Gasteiger partial charge is 0.0967 e. The Morgan fingerprint density at radius 1 is 0.778 bits per heavy atom. The maximum Gasteiger partial charge on any atom is 0.0967 e. The largest absolute Gasteiger partial charge is 0.396 e. The highest BCUT2D eigenvalue weighted by atomic mass is 127. The van der Waals surface area contributed by atoms with Gasteiger partial charge in [0.1, 0.15) is 0 Å². The predicted molar refractivity (Wildman–Crippen MR) is 169 cm³/mol. The number of aliphatic hydroxyl groups is 1. The van der Waals surface area contributed by atoms with E-state index in [0.29, 0.717) is 17.8 Å². The maximum absolute atomic E-state index is 9.44. The molecule has 2 heterocycles. The molecule has 204 valence electrons. The number of nitrogens with zero attached hydrogens (tertiary/aromatic N) is 2. The zero-order valence-corrected chi connectivity index (χ0v) is 25.7. The summed E-state index contributed by atoms with van der Waals surface area (Å²) in [6.07, 6.45) is 2.38. The van der Waals surface area contributed by atoms with Crippen LogP contribution in [0.2, 0.25) is 10.0 Å². The van der Waals surface area contributed by atoms with Crippen molar-refractivity contribution >= 4 is 69.0 Å². The van der Waals surface area contributed by atoms with Crippen LogP contribution in [0.1, 0.15) is 43.2 Å². The van der Waals surface area contributed by atoms with E-state index in [9.17, 15) is 5.11 Å². The molecule has 2 aromatic rings. The number of piperidine rings is 2. The van der Waals surface area contributed by atoms with Gasteiger partial charge >= 0.3 is 0 Å². The first-order chi connectivity index (χ1) is 16.8. The quantitative estimate of drug-likeness (QED) is 0.259. The number of halogens is 5. The van der Waals surface area contributed by atoms with Crippen LogP contribution in [0.4, 0.5) is 0 Å². The van der Waals surface area contributed by atoms with E-state index in [1.807, 2.05) is 24.3 Å². The predicted octanol–water partition coefficient (Wildman–Crippen LogP) is 8.24. The van der Waals surface area contributed by atoms with E-state index >= 15 is 0 Å². The Bertz CT molecular complexity index is 771. The van der Waals surface area contributed by atoms with E-state index in [2.05, 4.69) is 70.8 Å². The molecule has 4 rings (SSSR count). The number of benzene rings is 2. The molecule has 2 saturated heterocycles. The first kappa shape index (κ1) is 34.2. The normalized spacial score (nSPS) is 24.4. The van der Waals surface area contributed by atoms with Crippen LogP contribution in [0.3, 0.4) is 0 Å². The third-order valence-electron chi connectivity index (χ3n) is 6.90. The van der Waals surface area contributed by atoms with Crippen LogP contribution in [-0.4, -0.2) is 71.6 Å². The third-order valence-corrected chi connectivity index (χ3v) is 8.54. The average molecular weight is 690 g/mol. The number of alkyl halides is 3. The van der Waals surface area contributed by atoms with E-state index in [1.165, 1.54) is 35.1 Å². The van der Waals surface area contributed by atoms with Crippen molar-refractivity contribution in [2.24, 2.45) is 11.8 Å². The van der Waals surface area contributed by atoms with Gasteiger partial charge in [0.25, 0.3) is 0 Å². The highest BCUT2D eigenvalue weighted by Crippen LogP contribution is 2.34. The summed E-state index contributed by atoms with van der Waals surface area (Å²) in [5.41, 5.74) is 2.76. The summed E-state index contributed by atoms with van der Waals surface area (Å²) in [7, 11) is 4.33. The number of aliphatic hydroxyl groups excluding tert-OH is 1. The van der Waals surface area contributed by atoms with Gasteiger partial charge in [-0.1, -0.05) is 77.5 Å². The molecule has 0 bridgehead atoms. The van der Waals surface area contributed by atoms with Crippen molar-refractivity contribution in [1.29, 1.82) is 0 Å². The molecule has 2 aliphatic heterocycles.